The number of hydrogen-bond donors (Lipinski definition) is 3. The molecule has 1 unspecified atom stereocenters. The lowest BCUT2D eigenvalue weighted by Crippen LogP contribution is -2.51. The van der Waals surface area contributed by atoms with Crippen LogP contribution in [0.15, 0.2) is 64.0 Å². The van der Waals surface area contributed by atoms with Crippen molar-refractivity contribution >= 4 is 39.4 Å². The van der Waals surface area contributed by atoms with Crippen LogP contribution in [0, 0.1) is 34.6 Å². The van der Waals surface area contributed by atoms with Crippen LogP contribution in [0.4, 0.5) is 23.2 Å². The van der Waals surface area contributed by atoms with Gasteiger partial charge in [0.2, 0.25) is 39.8 Å². The zero-order valence-corrected chi connectivity index (χ0v) is 38.0. The van der Waals surface area contributed by atoms with Crippen molar-refractivity contribution in [3.05, 3.63) is 82.9 Å². The van der Waals surface area contributed by atoms with Crippen LogP contribution in [0.25, 0.3) is 17.2 Å². The Balaban J connectivity index is 1.12. The summed E-state index contributed by atoms with van der Waals surface area (Å²) in [5.74, 6) is -8.33. The van der Waals surface area contributed by atoms with Crippen LogP contribution in [-0.2, 0) is 24.3 Å². The maximum absolute atomic E-state index is 14.1. The van der Waals surface area contributed by atoms with Crippen LogP contribution < -0.4 is 10.5 Å². The van der Waals surface area contributed by atoms with Gasteiger partial charge in [-0.3, -0.25) is 9.59 Å². The number of ether oxygens (including phenoxy) is 2. The lowest BCUT2D eigenvalue weighted by Gasteiger charge is -2.36. The molecule has 1 fully saturated rings. The van der Waals surface area contributed by atoms with Gasteiger partial charge in [0.25, 0.3) is 0 Å². The van der Waals surface area contributed by atoms with E-state index in [0.29, 0.717) is 61.3 Å². The zero-order valence-electron chi connectivity index (χ0n) is 37.2. The van der Waals surface area contributed by atoms with Crippen molar-refractivity contribution in [1.29, 1.82) is 0 Å². The lowest BCUT2D eigenvalue weighted by molar-refractivity contribution is -0.133. The third-order valence-corrected chi connectivity index (χ3v) is 13.4. The molecule has 0 spiro atoms. The maximum Gasteiger partial charge on any atom is 0.250 e. The summed E-state index contributed by atoms with van der Waals surface area (Å²) < 4.78 is 94.2. The Kier molecular flexibility index (Phi) is 16.4. The molecule has 5 rings (SSSR count). The molecular formula is C46H59F4N5O8S. The summed E-state index contributed by atoms with van der Waals surface area (Å²) in [6, 6.07) is 12.2. The number of fused-ring (bicyclic) bond motifs is 1. The second-order valence-electron chi connectivity index (χ2n) is 17.7. The molecule has 3 aromatic rings. The number of halogens is 4. The summed E-state index contributed by atoms with van der Waals surface area (Å²) in [7, 11) is -2.03. The summed E-state index contributed by atoms with van der Waals surface area (Å²) in [5, 5.41) is 19.9. The van der Waals surface area contributed by atoms with Crippen LogP contribution in [0.1, 0.15) is 78.7 Å². The third kappa shape index (κ3) is 12.3. The molecule has 1 saturated heterocycles. The Morgan fingerprint density at radius 3 is 2.30 bits per heavy atom. The monoisotopic (exact) mass is 917 g/mol. The molecule has 18 heteroatoms. The number of aliphatic hydroxyl groups is 2. The molecular weight excluding hydrogens is 859 g/mol. The van der Waals surface area contributed by atoms with E-state index in [0.717, 1.165) is 5.56 Å². The van der Waals surface area contributed by atoms with Crippen molar-refractivity contribution in [3.63, 3.8) is 0 Å². The number of carbonyl (C=O) groups excluding carboxylic acids is 2. The molecule has 0 saturated carbocycles. The first-order chi connectivity index (χ1) is 30.1. The van der Waals surface area contributed by atoms with Crippen LogP contribution in [0.3, 0.4) is 0 Å². The van der Waals surface area contributed by atoms with E-state index in [1.807, 2.05) is 31.2 Å². The van der Waals surface area contributed by atoms with E-state index >= 15 is 0 Å². The number of rotatable bonds is 21. The van der Waals surface area contributed by atoms with Crippen LogP contribution in [0.5, 0.6) is 5.75 Å². The molecule has 3 aromatic carbocycles. The zero-order chi connectivity index (χ0) is 47.1. The van der Waals surface area contributed by atoms with E-state index < -0.39 is 56.3 Å². The fraction of sp³-hybridized carbons (Fsp3) is 0.500. The van der Waals surface area contributed by atoms with E-state index in [-0.39, 0.29) is 80.1 Å². The van der Waals surface area contributed by atoms with Crippen molar-refractivity contribution < 1.29 is 55.3 Å². The average molecular weight is 918 g/mol. The summed E-state index contributed by atoms with van der Waals surface area (Å²) in [6.45, 7) is 10.4. The van der Waals surface area contributed by atoms with Gasteiger partial charge >= 0.3 is 0 Å². The second kappa shape index (κ2) is 21.0. The van der Waals surface area contributed by atoms with Gasteiger partial charge in [0.1, 0.15) is 5.84 Å². The number of amidine groups is 1. The number of nitrogens with zero attached hydrogens (tertiary/aromatic N) is 4. The fourth-order valence-corrected chi connectivity index (χ4v) is 8.89. The number of hydrogen-bond acceptors (Lipinski definition) is 10. The number of amides is 2. The predicted octanol–water partition coefficient (Wildman–Crippen LogP) is 6.77. The van der Waals surface area contributed by atoms with Crippen molar-refractivity contribution in [2.24, 2.45) is 22.1 Å². The van der Waals surface area contributed by atoms with E-state index in [9.17, 15) is 45.8 Å². The van der Waals surface area contributed by atoms with Crippen LogP contribution in [0.2, 0.25) is 0 Å². The summed E-state index contributed by atoms with van der Waals surface area (Å²) in [5.41, 5.74) is 7.50. The first-order valence-electron chi connectivity index (χ1n) is 21.3. The van der Waals surface area contributed by atoms with Gasteiger partial charge in [-0.05, 0) is 74.9 Å². The standard InChI is InChI=1S/C46H59F4N5O8S/c1-7-17-54(19-9-18-53(6)39(57)14-15-46(4,5)62-20-16-45(2,3)44(59)63-42-40(49)35(47)25-36(48)41(42)50)43(58)33-21-32-13-12-31(23-37(32)52-38(51)24-33)30-10-8-11-34(22-30)64(60,61)55-26-29(27-55)28-56/h8,10-13,21-23,25,29,44,56,59H,7,9,14-20,24,26-28H2,1-6H3,(H2,51,52). The molecule has 0 aliphatic carbocycles. The fourth-order valence-electron chi connectivity index (χ4n) is 7.25. The molecule has 1 atom stereocenters. The van der Waals surface area contributed by atoms with Crippen LogP contribution >= 0.6 is 0 Å². The topological polar surface area (TPSA) is 175 Å². The first-order valence-corrected chi connectivity index (χ1v) is 22.7. The van der Waals surface area contributed by atoms with E-state index in [4.69, 9.17) is 15.2 Å². The Hall–Kier alpha value is -4.88. The maximum atomic E-state index is 14.1. The molecule has 0 aromatic heterocycles. The van der Waals surface area contributed by atoms with E-state index in [2.05, 4.69) is 4.99 Å². The normalized spacial score (nSPS) is 15.4. The van der Waals surface area contributed by atoms with Gasteiger partial charge in [-0.1, -0.05) is 45.0 Å². The molecule has 350 valence electrons. The largest absolute Gasteiger partial charge is 0.458 e. The smallest absolute Gasteiger partial charge is 0.250 e. The first kappa shape index (κ1) is 50.1. The van der Waals surface area contributed by atoms with Gasteiger partial charge in [0, 0.05) is 94.4 Å². The highest BCUT2D eigenvalue weighted by Gasteiger charge is 2.37. The lowest BCUT2D eigenvalue weighted by atomic mass is 9.88. The quantitative estimate of drug-likeness (QED) is 0.0592. The number of aliphatic imine (C=N–C) groups is 1. The highest BCUT2D eigenvalue weighted by atomic mass is 32.2. The Morgan fingerprint density at radius 1 is 0.969 bits per heavy atom. The molecule has 2 aliphatic heterocycles. The van der Waals surface area contributed by atoms with Gasteiger partial charge in [-0.15, -0.1) is 0 Å². The van der Waals surface area contributed by atoms with Gasteiger partial charge < -0.3 is 35.2 Å². The Morgan fingerprint density at radius 2 is 1.64 bits per heavy atom. The molecule has 64 heavy (non-hydrogen) atoms. The summed E-state index contributed by atoms with van der Waals surface area (Å²) >= 11 is 0. The van der Waals surface area contributed by atoms with Crippen molar-refractivity contribution in [2.75, 3.05) is 53.0 Å². The number of carbonyl (C=O) groups is 2. The molecule has 4 N–H and O–H groups in total. The number of aliphatic hydroxyl groups excluding tert-OH is 2. The van der Waals surface area contributed by atoms with Gasteiger partial charge in [-0.2, -0.15) is 13.1 Å². The summed E-state index contributed by atoms with van der Waals surface area (Å²) in [6.07, 6.45) is 1.90. The molecule has 2 heterocycles. The predicted molar refractivity (Wildman–Crippen MR) is 235 cm³/mol. The molecule has 0 bridgehead atoms. The minimum atomic E-state index is -3.72. The number of benzene rings is 3. The number of nitrogens with two attached hydrogens (primary N) is 1. The van der Waals surface area contributed by atoms with Crippen molar-refractivity contribution in [1.82, 2.24) is 14.1 Å². The highest BCUT2D eigenvalue weighted by molar-refractivity contribution is 7.89. The molecule has 2 amide bonds. The number of sulfonamides is 1. The Labute approximate surface area is 372 Å². The highest BCUT2D eigenvalue weighted by Crippen LogP contribution is 2.35. The SMILES string of the molecule is CCCN(CCCN(C)C(=O)CCC(C)(C)OCCC(C)(C)C(O)Oc1c(F)c(F)cc(F)c1F)C(=O)C1=Cc2ccc(-c3cccc(S(=O)(=O)N4CC(CO)C4)c3)cc2N=C(N)C1. The van der Waals surface area contributed by atoms with E-state index in [1.165, 1.54) is 18.2 Å². The average Bonchev–Trinajstić information content (AvgIpc) is 3.39. The van der Waals surface area contributed by atoms with Gasteiger partial charge in [0.15, 0.2) is 17.4 Å². The Bertz CT molecular complexity index is 2330. The molecule has 0 radical (unpaired) electrons. The van der Waals surface area contributed by atoms with E-state index in [1.54, 1.807) is 55.0 Å². The van der Waals surface area contributed by atoms with Crippen molar-refractivity contribution in [3.8, 4) is 16.9 Å². The molecule has 2 aliphatic rings. The summed E-state index contributed by atoms with van der Waals surface area (Å²) in [4.78, 5) is 35.2. The van der Waals surface area contributed by atoms with Gasteiger partial charge in [-0.25, -0.2) is 22.2 Å². The third-order valence-electron chi connectivity index (χ3n) is 11.5. The minimum Gasteiger partial charge on any atom is -0.458 e. The minimum absolute atomic E-state index is 0.0480. The van der Waals surface area contributed by atoms with Crippen LogP contribution in [-0.4, -0.2) is 115 Å². The van der Waals surface area contributed by atoms with Crippen molar-refractivity contribution in [2.45, 2.75) is 89.9 Å². The second-order valence-corrected chi connectivity index (χ2v) is 19.6. The molecule has 13 nitrogen and oxygen atoms in total. The van der Waals surface area contributed by atoms with Gasteiger partial charge in [0.05, 0.1) is 16.2 Å².